The number of amides is 2. The third-order valence-corrected chi connectivity index (χ3v) is 5.16. The number of nitrogens with two attached hydrogens (primary N) is 1. The van der Waals surface area contributed by atoms with Gasteiger partial charge in [0.05, 0.1) is 5.41 Å². The molecule has 2 aliphatic rings. The summed E-state index contributed by atoms with van der Waals surface area (Å²) in [5.74, 6) is 0.289. The van der Waals surface area contributed by atoms with E-state index in [9.17, 15) is 9.59 Å². The zero-order valence-corrected chi connectivity index (χ0v) is 13.3. The van der Waals surface area contributed by atoms with Gasteiger partial charge in [-0.25, -0.2) is 0 Å². The molecule has 0 atom stereocenters. The molecule has 2 amide bonds. The van der Waals surface area contributed by atoms with Crippen molar-refractivity contribution in [3.05, 3.63) is 34.9 Å². The number of hydrogen-bond donors (Lipinski definition) is 1. The molecular weight excluding hydrogens is 300 g/mol. The van der Waals surface area contributed by atoms with Gasteiger partial charge in [0, 0.05) is 24.5 Å². The standard InChI is InChI=1S/C17H21ClN2O2/c18-14-3-1-2-13(11-14)17(6-7-17)16(22)20-8-4-12(5-9-20)10-15(19)21/h1-3,11-12H,4-10H2,(H2,19,21). The van der Waals surface area contributed by atoms with Gasteiger partial charge in [-0.3, -0.25) is 9.59 Å². The van der Waals surface area contributed by atoms with Crippen molar-refractivity contribution in [2.75, 3.05) is 13.1 Å². The van der Waals surface area contributed by atoms with Crippen LogP contribution in [-0.2, 0) is 15.0 Å². The summed E-state index contributed by atoms with van der Waals surface area (Å²) in [7, 11) is 0. The smallest absolute Gasteiger partial charge is 0.233 e. The van der Waals surface area contributed by atoms with Crippen molar-refractivity contribution < 1.29 is 9.59 Å². The first-order chi connectivity index (χ1) is 10.5. The van der Waals surface area contributed by atoms with Crippen molar-refractivity contribution in [1.82, 2.24) is 4.90 Å². The Morgan fingerprint density at radius 1 is 1.27 bits per heavy atom. The van der Waals surface area contributed by atoms with Gasteiger partial charge < -0.3 is 10.6 Å². The van der Waals surface area contributed by atoms with Gasteiger partial charge >= 0.3 is 0 Å². The summed E-state index contributed by atoms with van der Waals surface area (Å²) in [5, 5.41) is 0.678. The Kier molecular flexibility index (Phi) is 4.13. The van der Waals surface area contributed by atoms with Crippen molar-refractivity contribution in [1.29, 1.82) is 0 Å². The summed E-state index contributed by atoms with van der Waals surface area (Å²) in [5.41, 5.74) is 5.93. The maximum absolute atomic E-state index is 12.9. The van der Waals surface area contributed by atoms with Crippen molar-refractivity contribution in [3.8, 4) is 0 Å². The topological polar surface area (TPSA) is 63.4 Å². The zero-order valence-electron chi connectivity index (χ0n) is 12.6. The lowest BCUT2D eigenvalue weighted by Gasteiger charge is -2.34. The molecule has 22 heavy (non-hydrogen) atoms. The Labute approximate surface area is 135 Å². The average molecular weight is 321 g/mol. The summed E-state index contributed by atoms with van der Waals surface area (Å²) in [6.45, 7) is 1.44. The Hall–Kier alpha value is -1.55. The summed E-state index contributed by atoms with van der Waals surface area (Å²) in [6, 6.07) is 7.65. The lowest BCUT2D eigenvalue weighted by molar-refractivity contribution is -0.135. The van der Waals surface area contributed by atoms with Crippen LogP contribution < -0.4 is 5.73 Å². The normalized spacial score (nSPS) is 20.7. The minimum Gasteiger partial charge on any atom is -0.370 e. The fourth-order valence-electron chi connectivity index (χ4n) is 3.46. The van der Waals surface area contributed by atoms with E-state index < -0.39 is 0 Å². The molecule has 118 valence electrons. The highest BCUT2D eigenvalue weighted by atomic mass is 35.5. The summed E-state index contributed by atoms with van der Waals surface area (Å²) in [4.78, 5) is 25.9. The number of halogens is 1. The van der Waals surface area contributed by atoms with Gasteiger partial charge in [0.25, 0.3) is 0 Å². The van der Waals surface area contributed by atoms with Crippen LogP contribution in [0.25, 0.3) is 0 Å². The Morgan fingerprint density at radius 3 is 2.50 bits per heavy atom. The quantitative estimate of drug-likeness (QED) is 0.926. The lowest BCUT2D eigenvalue weighted by Crippen LogP contribution is -2.44. The first kappa shape index (κ1) is 15.3. The largest absolute Gasteiger partial charge is 0.370 e. The third-order valence-electron chi connectivity index (χ3n) is 4.93. The molecule has 1 aliphatic heterocycles. The molecule has 1 saturated carbocycles. The number of likely N-dealkylation sites (tertiary alicyclic amines) is 1. The number of hydrogen-bond acceptors (Lipinski definition) is 2. The Balaban J connectivity index is 1.66. The zero-order chi connectivity index (χ0) is 15.7. The van der Waals surface area contributed by atoms with Crippen LogP contribution in [0.1, 0.15) is 37.7 Å². The summed E-state index contributed by atoms with van der Waals surface area (Å²) >= 11 is 6.07. The summed E-state index contributed by atoms with van der Waals surface area (Å²) < 4.78 is 0. The van der Waals surface area contributed by atoms with E-state index in [0.717, 1.165) is 44.3 Å². The molecule has 3 rings (SSSR count). The van der Waals surface area contributed by atoms with E-state index in [0.29, 0.717) is 17.4 Å². The van der Waals surface area contributed by atoms with Crippen LogP contribution in [0.2, 0.25) is 5.02 Å². The van der Waals surface area contributed by atoms with Gasteiger partial charge in [0.2, 0.25) is 11.8 Å². The molecule has 1 aliphatic carbocycles. The summed E-state index contributed by atoms with van der Waals surface area (Å²) in [6.07, 6.45) is 3.95. The number of carbonyl (C=O) groups is 2. The van der Waals surface area contributed by atoms with Gasteiger partial charge in [-0.15, -0.1) is 0 Å². The fourth-order valence-corrected chi connectivity index (χ4v) is 3.65. The van der Waals surface area contributed by atoms with Gasteiger partial charge in [0.1, 0.15) is 0 Å². The van der Waals surface area contributed by atoms with E-state index in [1.165, 1.54) is 0 Å². The minimum atomic E-state index is -0.360. The molecule has 5 heteroatoms. The van der Waals surface area contributed by atoms with Crippen LogP contribution in [0.15, 0.2) is 24.3 Å². The van der Waals surface area contributed by atoms with Crippen LogP contribution in [0.5, 0.6) is 0 Å². The molecule has 0 unspecified atom stereocenters. The van der Waals surface area contributed by atoms with Crippen molar-refractivity contribution in [3.63, 3.8) is 0 Å². The van der Waals surface area contributed by atoms with Gasteiger partial charge in [0.15, 0.2) is 0 Å². The number of carbonyl (C=O) groups excluding carboxylic acids is 2. The predicted molar refractivity (Wildman–Crippen MR) is 85.5 cm³/mol. The van der Waals surface area contributed by atoms with Crippen LogP contribution in [-0.4, -0.2) is 29.8 Å². The number of benzene rings is 1. The maximum atomic E-state index is 12.9. The van der Waals surface area contributed by atoms with Gasteiger partial charge in [-0.2, -0.15) is 0 Å². The number of piperidine rings is 1. The maximum Gasteiger partial charge on any atom is 0.233 e. The molecule has 0 radical (unpaired) electrons. The fraction of sp³-hybridized carbons (Fsp3) is 0.529. The van der Waals surface area contributed by atoms with Crippen molar-refractivity contribution >= 4 is 23.4 Å². The highest BCUT2D eigenvalue weighted by molar-refractivity contribution is 6.30. The van der Waals surface area contributed by atoms with Crippen LogP contribution >= 0.6 is 11.6 Å². The van der Waals surface area contributed by atoms with E-state index in [4.69, 9.17) is 17.3 Å². The molecule has 1 aromatic rings. The molecule has 2 N–H and O–H groups in total. The predicted octanol–water partition coefficient (Wildman–Crippen LogP) is 2.49. The van der Waals surface area contributed by atoms with E-state index in [-0.39, 0.29) is 17.2 Å². The van der Waals surface area contributed by atoms with Gasteiger partial charge in [-0.1, -0.05) is 23.7 Å². The van der Waals surface area contributed by atoms with Crippen LogP contribution in [0, 0.1) is 5.92 Å². The van der Waals surface area contributed by atoms with Crippen LogP contribution in [0.4, 0.5) is 0 Å². The second kappa shape index (κ2) is 5.92. The van der Waals surface area contributed by atoms with E-state index in [1.807, 2.05) is 29.2 Å². The molecular formula is C17H21ClN2O2. The SMILES string of the molecule is NC(=O)CC1CCN(C(=O)C2(c3cccc(Cl)c3)CC2)CC1. The van der Waals surface area contributed by atoms with E-state index in [2.05, 4.69) is 0 Å². The lowest BCUT2D eigenvalue weighted by atomic mass is 9.90. The van der Waals surface area contributed by atoms with Crippen molar-refractivity contribution in [2.24, 2.45) is 11.7 Å². The second-order valence-corrected chi connectivity index (χ2v) is 6.93. The molecule has 0 bridgehead atoms. The molecule has 1 heterocycles. The van der Waals surface area contributed by atoms with Crippen LogP contribution in [0.3, 0.4) is 0 Å². The number of rotatable bonds is 4. The van der Waals surface area contributed by atoms with E-state index in [1.54, 1.807) is 0 Å². The molecule has 1 aromatic carbocycles. The Morgan fingerprint density at radius 2 is 1.95 bits per heavy atom. The molecule has 0 spiro atoms. The third kappa shape index (κ3) is 2.98. The molecule has 2 fully saturated rings. The number of nitrogens with zero attached hydrogens (tertiary/aromatic N) is 1. The van der Waals surface area contributed by atoms with Crippen molar-refractivity contribution in [2.45, 2.75) is 37.5 Å². The van der Waals surface area contributed by atoms with Gasteiger partial charge in [-0.05, 0) is 49.3 Å². The molecule has 0 aromatic heterocycles. The monoisotopic (exact) mass is 320 g/mol. The number of primary amides is 1. The average Bonchev–Trinajstić information content (AvgIpc) is 3.28. The molecule has 1 saturated heterocycles. The minimum absolute atomic E-state index is 0.215. The highest BCUT2D eigenvalue weighted by Gasteiger charge is 2.53. The first-order valence-electron chi connectivity index (χ1n) is 7.85. The first-order valence-corrected chi connectivity index (χ1v) is 8.23. The second-order valence-electron chi connectivity index (χ2n) is 6.50. The van der Waals surface area contributed by atoms with E-state index >= 15 is 0 Å². The Bertz CT molecular complexity index is 590. The highest BCUT2D eigenvalue weighted by Crippen LogP contribution is 2.50. The molecule has 4 nitrogen and oxygen atoms in total.